The summed E-state index contributed by atoms with van der Waals surface area (Å²) in [6.07, 6.45) is 6.35. The van der Waals surface area contributed by atoms with Crippen LogP contribution < -0.4 is 10.6 Å². The second-order valence-electron chi connectivity index (χ2n) is 5.93. The van der Waals surface area contributed by atoms with E-state index in [4.69, 9.17) is 4.74 Å². The predicted molar refractivity (Wildman–Crippen MR) is 79.1 cm³/mol. The maximum atomic E-state index is 11.8. The molecule has 0 radical (unpaired) electrons. The van der Waals surface area contributed by atoms with Gasteiger partial charge in [0.25, 0.3) is 0 Å². The lowest BCUT2D eigenvalue weighted by Crippen LogP contribution is -2.41. The summed E-state index contributed by atoms with van der Waals surface area (Å²) < 4.78 is 7.46. The Kier molecular flexibility index (Phi) is 4.43. The van der Waals surface area contributed by atoms with Crippen LogP contribution in [0.15, 0.2) is 0 Å². The second kappa shape index (κ2) is 6.47. The fraction of sp³-hybridized carbons (Fsp3) is 0.733. The summed E-state index contributed by atoms with van der Waals surface area (Å²) in [5, 5.41) is 10.5. The third-order valence-corrected chi connectivity index (χ3v) is 4.43. The van der Waals surface area contributed by atoms with Gasteiger partial charge < -0.3 is 15.4 Å². The minimum Gasteiger partial charge on any atom is -0.376 e. The maximum absolute atomic E-state index is 11.8. The third-order valence-electron chi connectivity index (χ3n) is 4.43. The number of amides is 2. The fourth-order valence-electron chi connectivity index (χ4n) is 3.29. The zero-order chi connectivity index (χ0) is 14.7. The Balaban J connectivity index is 1.48. The van der Waals surface area contributed by atoms with Crippen molar-refractivity contribution in [3.8, 4) is 0 Å². The number of carbonyl (C=O) groups is 1. The van der Waals surface area contributed by atoms with Crippen LogP contribution in [0.4, 0.5) is 4.79 Å². The number of carbonyl (C=O) groups excluding carboxylic acids is 1. The molecule has 1 aliphatic carbocycles. The zero-order valence-corrected chi connectivity index (χ0v) is 12.7. The normalized spacial score (nSPS) is 18.5. The average molecular weight is 292 g/mol. The quantitative estimate of drug-likeness (QED) is 0.878. The van der Waals surface area contributed by atoms with Crippen LogP contribution >= 0.6 is 0 Å². The van der Waals surface area contributed by atoms with E-state index < -0.39 is 0 Å². The highest BCUT2D eigenvalue weighted by Crippen LogP contribution is 2.20. The van der Waals surface area contributed by atoms with Crippen molar-refractivity contribution in [2.45, 2.75) is 51.2 Å². The number of hydrogen-bond acceptors (Lipinski definition) is 3. The Hall–Kier alpha value is -1.56. The van der Waals surface area contributed by atoms with E-state index in [0.717, 1.165) is 38.0 Å². The molecule has 0 atom stereocenters. The molecule has 2 amide bonds. The van der Waals surface area contributed by atoms with E-state index in [-0.39, 0.29) is 6.03 Å². The summed E-state index contributed by atoms with van der Waals surface area (Å²) in [7, 11) is 1.98. The van der Waals surface area contributed by atoms with Crippen LogP contribution in [0.5, 0.6) is 0 Å². The van der Waals surface area contributed by atoms with E-state index in [2.05, 4.69) is 15.7 Å². The molecule has 0 unspecified atom stereocenters. The second-order valence-corrected chi connectivity index (χ2v) is 5.93. The van der Waals surface area contributed by atoms with E-state index in [1.54, 1.807) is 0 Å². The Morgan fingerprint density at radius 3 is 3.05 bits per heavy atom. The van der Waals surface area contributed by atoms with Gasteiger partial charge in [0, 0.05) is 43.7 Å². The van der Waals surface area contributed by atoms with Crippen molar-refractivity contribution in [2.24, 2.45) is 7.05 Å². The molecule has 0 bridgehead atoms. The van der Waals surface area contributed by atoms with Crippen LogP contribution in [0.3, 0.4) is 0 Å². The van der Waals surface area contributed by atoms with E-state index in [1.165, 1.54) is 24.1 Å². The van der Waals surface area contributed by atoms with Crippen molar-refractivity contribution >= 4 is 6.03 Å². The van der Waals surface area contributed by atoms with E-state index >= 15 is 0 Å². The number of fused-ring (bicyclic) bond motifs is 1. The van der Waals surface area contributed by atoms with E-state index in [0.29, 0.717) is 19.2 Å². The Morgan fingerprint density at radius 2 is 2.24 bits per heavy atom. The first-order valence-electron chi connectivity index (χ1n) is 7.90. The molecule has 2 aliphatic rings. The zero-order valence-electron chi connectivity index (χ0n) is 12.7. The molecule has 2 N–H and O–H groups in total. The van der Waals surface area contributed by atoms with Gasteiger partial charge in [-0.05, 0) is 12.8 Å². The van der Waals surface area contributed by atoms with Crippen molar-refractivity contribution in [1.82, 2.24) is 20.4 Å². The Labute approximate surface area is 125 Å². The number of nitrogens with zero attached hydrogens (tertiary/aromatic N) is 2. The Bertz CT molecular complexity index is 506. The standard InChI is InChI=1S/C15H24N4O2/c1-19-14-7-9-21-10-12(14)13(18-19)6-8-16-15(20)17-11-4-2-3-5-11/h11H,2-10H2,1H3,(H2,16,17,20). The van der Waals surface area contributed by atoms with Crippen molar-refractivity contribution in [1.29, 1.82) is 0 Å². The summed E-state index contributed by atoms with van der Waals surface area (Å²) in [4.78, 5) is 11.8. The predicted octanol–water partition coefficient (Wildman–Crippen LogP) is 1.28. The minimum atomic E-state index is -0.0528. The first-order chi connectivity index (χ1) is 10.2. The van der Waals surface area contributed by atoms with Crippen molar-refractivity contribution in [3.63, 3.8) is 0 Å². The van der Waals surface area contributed by atoms with Gasteiger partial charge in [-0.1, -0.05) is 12.8 Å². The first-order valence-corrected chi connectivity index (χ1v) is 7.90. The average Bonchev–Trinajstić information content (AvgIpc) is 3.09. The summed E-state index contributed by atoms with van der Waals surface area (Å²) >= 11 is 0. The highest BCUT2D eigenvalue weighted by Gasteiger charge is 2.20. The number of hydrogen-bond donors (Lipinski definition) is 2. The molecule has 0 saturated heterocycles. The molecule has 3 rings (SSSR count). The number of nitrogens with one attached hydrogen (secondary N) is 2. The van der Waals surface area contributed by atoms with Crippen LogP contribution in [0.25, 0.3) is 0 Å². The molecular formula is C15H24N4O2. The molecule has 1 fully saturated rings. The van der Waals surface area contributed by atoms with Crippen LogP contribution in [0, 0.1) is 0 Å². The third kappa shape index (κ3) is 3.37. The minimum absolute atomic E-state index is 0.0528. The highest BCUT2D eigenvalue weighted by molar-refractivity contribution is 5.74. The molecular weight excluding hydrogens is 268 g/mol. The molecule has 1 aromatic heterocycles. The summed E-state index contributed by atoms with van der Waals surface area (Å²) in [5.74, 6) is 0. The van der Waals surface area contributed by atoms with Gasteiger partial charge in [-0.25, -0.2) is 4.79 Å². The molecule has 1 aromatic rings. The summed E-state index contributed by atoms with van der Waals surface area (Å²) in [6, 6.07) is 0.309. The largest absolute Gasteiger partial charge is 0.376 e. The molecule has 21 heavy (non-hydrogen) atoms. The fourth-order valence-corrected chi connectivity index (χ4v) is 3.29. The molecule has 1 aliphatic heterocycles. The molecule has 0 spiro atoms. The van der Waals surface area contributed by atoms with Gasteiger partial charge in [0.2, 0.25) is 0 Å². The first kappa shape index (κ1) is 14.4. The van der Waals surface area contributed by atoms with Crippen LogP contribution in [0.1, 0.15) is 42.6 Å². The molecule has 116 valence electrons. The SMILES string of the molecule is Cn1nc(CCNC(=O)NC2CCCC2)c2c1CCOC2. The van der Waals surface area contributed by atoms with E-state index in [9.17, 15) is 4.79 Å². The number of aromatic nitrogens is 2. The van der Waals surface area contributed by atoms with Gasteiger partial charge in [-0.3, -0.25) is 4.68 Å². The molecule has 2 heterocycles. The van der Waals surface area contributed by atoms with Crippen LogP contribution in [-0.4, -0.2) is 35.0 Å². The lowest BCUT2D eigenvalue weighted by molar-refractivity contribution is 0.108. The smallest absolute Gasteiger partial charge is 0.315 e. The number of rotatable bonds is 4. The lowest BCUT2D eigenvalue weighted by Gasteiger charge is -2.14. The Morgan fingerprint density at radius 1 is 1.43 bits per heavy atom. The van der Waals surface area contributed by atoms with Crippen molar-refractivity contribution < 1.29 is 9.53 Å². The van der Waals surface area contributed by atoms with E-state index in [1.807, 2.05) is 11.7 Å². The monoisotopic (exact) mass is 292 g/mol. The van der Waals surface area contributed by atoms with Crippen LogP contribution in [-0.2, 0) is 31.2 Å². The molecule has 1 saturated carbocycles. The van der Waals surface area contributed by atoms with Crippen molar-refractivity contribution in [3.05, 3.63) is 17.0 Å². The van der Waals surface area contributed by atoms with Gasteiger partial charge in [0.1, 0.15) is 0 Å². The van der Waals surface area contributed by atoms with Crippen molar-refractivity contribution in [2.75, 3.05) is 13.2 Å². The number of urea groups is 1. The molecule has 6 nitrogen and oxygen atoms in total. The van der Waals surface area contributed by atoms with Gasteiger partial charge in [0.05, 0.1) is 18.9 Å². The molecule has 0 aromatic carbocycles. The topological polar surface area (TPSA) is 68.2 Å². The maximum Gasteiger partial charge on any atom is 0.315 e. The van der Waals surface area contributed by atoms with Gasteiger partial charge >= 0.3 is 6.03 Å². The summed E-state index contributed by atoms with van der Waals surface area (Å²) in [6.45, 7) is 2.03. The van der Waals surface area contributed by atoms with Crippen LogP contribution in [0.2, 0.25) is 0 Å². The number of ether oxygens (including phenoxy) is 1. The van der Waals surface area contributed by atoms with Gasteiger partial charge in [-0.15, -0.1) is 0 Å². The number of aryl methyl sites for hydroxylation is 1. The lowest BCUT2D eigenvalue weighted by atomic mass is 10.1. The highest BCUT2D eigenvalue weighted by atomic mass is 16.5. The summed E-state index contributed by atoms with van der Waals surface area (Å²) in [5.41, 5.74) is 3.53. The van der Waals surface area contributed by atoms with Gasteiger partial charge in [-0.2, -0.15) is 5.10 Å². The molecule has 6 heteroatoms. The van der Waals surface area contributed by atoms with Gasteiger partial charge in [0.15, 0.2) is 0 Å².